The van der Waals surface area contributed by atoms with Gasteiger partial charge < -0.3 is 10.2 Å². The lowest BCUT2D eigenvalue weighted by atomic mass is 10.2. The molecule has 1 amide bonds. The number of aromatic nitrogens is 1. The highest BCUT2D eigenvalue weighted by Gasteiger charge is 2.22. The van der Waals surface area contributed by atoms with E-state index in [-0.39, 0.29) is 5.91 Å². The Bertz CT molecular complexity index is 454. The molecule has 0 unspecified atom stereocenters. The highest BCUT2D eigenvalue weighted by atomic mass is 32.2. The zero-order valence-corrected chi connectivity index (χ0v) is 11.2. The third-order valence-electron chi connectivity index (χ3n) is 2.88. The molecule has 0 spiro atoms. The monoisotopic (exact) mass is 267 g/mol. The first kappa shape index (κ1) is 13.0. The Balaban J connectivity index is 2.15. The lowest BCUT2D eigenvalue weighted by molar-refractivity contribution is 0.0772. The molecule has 18 heavy (non-hydrogen) atoms. The summed E-state index contributed by atoms with van der Waals surface area (Å²) in [5, 5.41) is 3.13. The van der Waals surface area contributed by atoms with Crippen LogP contribution in [-0.2, 0) is 10.8 Å². The van der Waals surface area contributed by atoms with Crippen molar-refractivity contribution in [2.75, 3.05) is 36.5 Å². The molecule has 1 N–H and O–H groups in total. The van der Waals surface area contributed by atoms with Crippen LogP contribution in [0.3, 0.4) is 0 Å². The molecule has 0 atom stereocenters. The lowest BCUT2D eigenvalue weighted by Crippen LogP contribution is -2.42. The topological polar surface area (TPSA) is 62.3 Å². The molecule has 6 heteroatoms. The van der Waals surface area contributed by atoms with Crippen molar-refractivity contribution in [1.29, 1.82) is 0 Å². The summed E-state index contributed by atoms with van der Waals surface area (Å²) >= 11 is 0. The van der Waals surface area contributed by atoms with E-state index < -0.39 is 10.8 Å². The maximum Gasteiger partial charge on any atom is 0.256 e. The van der Waals surface area contributed by atoms with Crippen molar-refractivity contribution in [2.24, 2.45) is 0 Å². The smallest absolute Gasteiger partial charge is 0.256 e. The Morgan fingerprint density at radius 2 is 2.22 bits per heavy atom. The summed E-state index contributed by atoms with van der Waals surface area (Å²) in [4.78, 5) is 18.1. The van der Waals surface area contributed by atoms with Gasteiger partial charge in [0, 0.05) is 48.1 Å². The molecule has 0 aliphatic carbocycles. The molecule has 5 nitrogen and oxygen atoms in total. The molecule has 2 rings (SSSR count). The van der Waals surface area contributed by atoms with Gasteiger partial charge in [-0.05, 0) is 13.0 Å². The molecular weight excluding hydrogens is 250 g/mol. The first-order chi connectivity index (χ1) is 8.72. The molecule has 0 aromatic carbocycles. The number of carbonyl (C=O) groups excluding carboxylic acids is 1. The lowest BCUT2D eigenvalue weighted by Gasteiger charge is -2.27. The number of carbonyl (C=O) groups is 1. The van der Waals surface area contributed by atoms with E-state index in [9.17, 15) is 9.00 Å². The second-order valence-electron chi connectivity index (χ2n) is 4.09. The van der Waals surface area contributed by atoms with Crippen LogP contribution >= 0.6 is 0 Å². The fourth-order valence-corrected chi connectivity index (χ4v) is 2.98. The third-order valence-corrected chi connectivity index (χ3v) is 4.16. The number of rotatable bonds is 3. The Labute approximate surface area is 109 Å². The van der Waals surface area contributed by atoms with Crippen LogP contribution in [-0.4, -0.2) is 51.1 Å². The van der Waals surface area contributed by atoms with Crippen LogP contribution in [0.25, 0.3) is 0 Å². The fourth-order valence-electron chi connectivity index (χ4n) is 1.92. The van der Waals surface area contributed by atoms with Crippen molar-refractivity contribution >= 4 is 22.4 Å². The molecule has 1 aliphatic heterocycles. The van der Waals surface area contributed by atoms with E-state index in [0.29, 0.717) is 30.2 Å². The number of hydrogen-bond donors (Lipinski definition) is 1. The average Bonchev–Trinajstić information content (AvgIpc) is 2.40. The van der Waals surface area contributed by atoms with Gasteiger partial charge in [-0.2, -0.15) is 0 Å². The summed E-state index contributed by atoms with van der Waals surface area (Å²) in [5.74, 6) is 1.14. The van der Waals surface area contributed by atoms with Crippen molar-refractivity contribution in [2.45, 2.75) is 6.92 Å². The molecule has 2 heterocycles. The Hall–Kier alpha value is -1.43. The molecule has 1 aromatic rings. The highest BCUT2D eigenvalue weighted by Crippen LogP contribution is 2.16. The van der Waals surface area contributed by atoms with E-state index in [0.717, 1.165) is 12.2 Å². The van der Waals surface area contributed by atoms with E-state index in [1.807, 2.05) is 6.92 Å². The van der Waals surface area contributed by atoms with Crippen LogP contribution in [0.15, 0.2) is 18.5 Å². The van der Waals surface area contributed by atoms with Crippen LogP contribution in [0.2, 0.25) is 0 Å². The zero-order valence-electron chi connectivity index (χ0n) is 10.4. The second kappa shape index (κ2) is 5.95. The van der Waals surface area contributed by atoms with Crippen molar-refractivity contribution in [1.82, 2.24) is 9.88 Å². The predicted octanol–water partition coefficient (Wildman–Crippen LogP) is 0.718. The van der Waals surface area contributed by atoms with Crippen LogP contribution in [0.5, 0.6) is 0 Å². The maximum atomic E-state index is 12.4. The van der Waals surface area contributed by atoms with E-state index in [1.54, 1.807) is 23.4 Å². The van der Waals surface area contributed by atoms with Crippen LogP contribution < -0.4 is 5.32 Å². The first-order valence-corrected chi connectivity index (χ1v) is 7.53. The number of hydrogen-bond acceptors (Lipinski definition) is 4. The fraction of sp³-hybridized carbons (Fsp3) is 0.500. The standard InChI is InChI=1S/C12H17N3O2S/c1-2-14-11-9-13-4-3-10(11)12(16)15-5-7-18(17)8-6-15/h3-4,9,14H,2,5-8H2,1H3. The molecule has 0 bridgehead atoms. The highest BCUT2D eigenvalue weighted by molar-refractivity contribution is 7.85. The van der Waals surface area contributed by atoms with Gasteiger partial charge in [0.05, 0.1) is 17.4 Å². The van der Waals surface area contributed by atoms with E-state index in [1.165, 1.54) is 0 Å². The minimum absolute atomic E-state index is 0.00921. The Morgan fingerprint density at radius 1 is 1.50 bits per heavy atom. The molecular formula is C12H17N3O2S. The van der Waals surface area contributed by atoms with Crippen molar-refractivity contribution in [3.05, 3.63) is 24.0 Å². The van der Waals surface area contributed by atoms with Gasteiger partial charge in [0.1, 0.15) is 0 Å². The van der Waals surface area contributed by atoms with Gasteiger partial charge in [0.25, 0.3) is 5.91 Å². The van der Waals surface area contributed by atoms with Crippen molar-refractivity contribution < 1.29 is 9.00 Å². The predicted molar refractivity (Wildman–Crippen MR) is 72.2 cm³/mol. The minimum atomic E-state index is -0.764. The van der Waals surface area contributed by atoms with Crippen LogP contribution in [0, 0.1) is 0 Å². The number of amides is 1. The van der Waals surface area contributed by atoms with Gasteiger partial charge in [-0.3, -0.25) is 14.0 Å². The Morgan fingerprint density at radius 3 is 2.89 bits per heavy atom. The molecule has 0 radical (unpaired) electrons. The van der Waals surface area contributed by atoms with Gasteiger partial charge in [-0.15, -0.1) is 0 Å². The summed E-state index contributed by atoms with van der Waals surface area (Å²) in [7, 11) is -0.764. The summed E-state index contributed by atoms with van der Waals surface area (Å²) in [6.07, 6.45) is 3.29. The van der Waals surface area contributed by atoms with Gasteiger partial charge in [-0.25, -0.2) is 0 Å². The molecule has 98 valence electrons. The number of nitrogens with zero attached hydrogens (tertiary/aromatic N) is 2. The minimum Gasteiger partial charge on any atom is -0.383 e. The second-order valence-corrected chi connectivity index (χ2v) is 5.79. The molecule has 1 saturated heterocycles. The van der Waals surface area contributed by atoms with E-state index in [2.05, 4.69) is 10.3 Å². The van der Waals surface area contributed by atoms with Gasteiger partial charge in [0.2, 0.25) is 0 Å². The quantitative estimate of drug-likeness (QED) is 0.876. The van der Waals surface area contributed by atoms with E-state index in [4.69, 9.17) is 0 Å². The largest absolute Gasteiger partial charge is 0.383 e. The normalized spacial score (nSPS) is 16.6. The molecule has 1 fully saturated rings. The van der Waals surface area contributed by atoms with Crippen LogP contribution in [0.1, 0.15) is 17.3 Å². The van der Waals surface area contributed by atoms with Gasteiger partial charge in [-0.1, -0.05) is 0 Å². The summed E-state index contributed by atoms with van der Waals surface area (Å²) < 4.78 is 11.3. The average molecular weight is 267 g/mol. The zero-order chi connectivity index (χ0) is 13.0. The number of nitrogens with one attached hydrogen (secondary N) is 1. The van der Waals surface area contributed by atoms with Crippen molar-refractivity contribution in [3.63, 3.8) is 0 Å². The summed E-state index contributed by atoms with van der Waals surface area (Å²) in [6.45, 7) is 3.86. The summed E-state index contributed by atoms with van der Waals surface area (Å²) in [6, 6.07) is 1.73. The maximum absolute atomic E-state index is 12.4. The SMILES string of the molecule is CCNc1cnccc1C(=O)N1CCS(=O)CC1. The molecule has 1 aromatic heterocycles. The third kappa shape index (κ3) is 2.87. The molecule has 0 saturated carbocycles. The molecule has 1 aliphatic rings. The number of anilines is 1. The number of pyridine rings is 1. The van der Waals surface area contributed by atoms with Gasteiger partial charge >= 0.3 is 0 Å². The van der Waals surface area contributed by atoms with Crippen molar-refractivity contribution in [3.8, 4) is 0 Å². The van der Waals surface area contributed by atoms with Gasteiger partial charge in [0.15, 0.2) is 0 Å². The van der Waals surface area contributed by atoms with E-state index >= 15 is 0 Å². The first-order valence-electron chi connectivity index (χ1n) is 6.04. The Kier molecular flexibility index (Phi) is 4.30. The summed E-state index contributed by atoms with van der Waals surface area (Å²) in [5.41, 5.74) is 1.40. The van der Waals surface area contributed by atoms with Crippen LogP contribution in [0.4, 0.5) is 5.69 Å².